The third-order valence-corrected chi connectivity index (χ3v) is 5.83. The first kappa shape index (κ1) is 14.2. The highest BCUT2D eigenvalue weighted by atomic mass is 32.2. The normalized spacial score (nSPS) is 27.8. The van der Waals surface area contributed by atoms with Crippen LogP contribution in [0.15, 0.2) is 0 Å². The van der Waals surface area contributed by atoms with E-state index in [-0.39, 0.29) is 6.04 Å². The van der Waals surface area contributed by atoms with Crippen LogP contribution in [-0.2, 0) is 4.79 Å². The van der Waals surface area contributed by atoms with E-state index in [1.165, 1.54) is 32.1 Å². The molecule has 1 N–H and O–H groups in total. The fraction of sp³-hybridized carbons (Fsp3) is 0.929. The Kier molecular flexibility index (Phi) is 4.96. The summed E-state index contributed by atoms with van der Waals surface area (Å²) < 4.78 is 0.342. The van der Waals surface area contributed by atoms with Gasteiger partial charge in [-0.1, -0.05) is 26.2 Å². The molecule has 1 heterocycles. The quantitative estimate of drug-likeness (QED) is 0.832. The maximum atomic E-state index is 12.3. The van der Waals surface area contributed by atoms with Gasteiger partial charge >= 0.3 is 0 Å². The lowest BCUT2D eigenvalue weighted by atomic mass is 9.88. The van der Waals surface area contributed by atoms with Gasteiger partial charge in [-0.15, -0.1) is 0 Å². The molecule has 1 unspecified atom stereocenters. The van der Waals surface area contributed by atoms with Crippen molar-refractivity contribution < 1.29 is 4.79 Å². The second kappa shape index (κ2) is 6.29. The van der Waals surface area contributed by atoms with E-state index in [9.17, 15) is 4.79 Å². The Labute approximate surface area is 115 Å². The molecule has 0 bridgehead atoms. The number of thioether (sulfide) groups is 1. The summed E-state index contributed by atoms with van der Waals surface area (Å²) in [6.07, 6.45) is 9.80. The van der Waals surface area contributed by atoms with E-state index < -0.39 is 0 Å². The number of amides is 1. The first-order valence-electron chi connectivity index (χ1n) is 7.28. The summed E-state index contributed by atoms with van der Waals surface area (Å²) in [6.45, 7) is 4.87. The zero-order valence-electron chi connectivity index (χ0n) is 11.7. The molecular formula is C14H26N2OS. The fourth-order valence-electron chi connectivity index (χ4n) is 3.30. The van der Waals surface area contributed by atoms with Crippen molar-refractivity contribution in [2.75, 3.05) is 25.9 Å². The molecule has 0 aromatic heterocycles. The smallest absolute Gasteiger partial charge is 0.239 e. The molecule has 1 saturated heterocycles. The standard InChI is InChI=1S/C14H26N2OS/c1-3-15-12-7-10-16(13(12)17)11-14(18-2)8-5-4-6-9-14/h12,15H,3-11H2,1-2H3. The van der Waals surface area contributed by atoms with Crippen molar-refractivity contribution in [3.8, 4) is 0 Å². The van der Waals surface area contributed by atoms with Gasteiger partial charge in [0.15, 0.2) is 0 Å². The van der Waals surface area contributed by atoms with Crippen molar-refractivity contribution in [2.24, 2.45) is 0 Å². The van der Waals surface area contributed by atoms with Crippen molar-refractivity contribution >= 4 is 17.7 Å². The lowest BCUT2D eigenvalue weighted by Crippen LogP contribution is -2.45. The molecule has 1 amide bonds. The van der Waals surface area contributed by atoms with Crippen LogP contribution in [0.25, 0.3) is 0 Å². The molecule has 18 heavy (non-hydrogen) atoms. The molecular weight excluding hydrogens is 244 g/mol. The molecule has 1 aliphatic carbocycles. The first-order valence-corrected chi connectivity index (χ1v) is 8.50. The Morgan fingerprint density at radius 1 is 1.39 bits per heavy atom. The van der Waals surface area contributed by atoms with Gasteiger partial charge in [0.05, 0.1) is 6.04 Å². The summed E-state index contributed by atoms with van der Waals surface area (Å²) in [4.78, 5) is 14.4. The Bertz CT molecular complexity index is 290. The molecule has 1 atom stereocenters. The average Bonchev–Trinajstić information content (AvgIpc) is 2.73. The van der Waals surface area contributed by atoms with Crippen LogP contribution in [0.3, 0.4) is 0 Å². The Hall–Kier alpha value is -0.220. The van der Waals surface area contributed by atoms with E-state index in [4.69, 9.17) is 0 Å². The van der Waals surface area contributed by atoms with Gasteiger partial charge in [0, 0.05) is 17.8 Å². The van der Waals surface area contributed by atoms with E-state index >= 15 is 0 Å². The molecule has 3 nitrogen and oxygen atoms in total. The van der Waals surface area contributed by atoms with Crippen molar-refractivity contribution in [3.63, 3.8) is 0 Å². The van der Waals surface area contributed by atoms with Crippen molar-refractivity contribution in [2.45, 2.75) is 56.2 Å². The molecule has 0 aromatic rings. The number of likely N-dealkylation sites (tertiary alicyclic amines) is 1. The molecule has 104 valence electrons. The van der Waals surface area contributed by atoms with Gasteiger partial charge in [-0.25, -0.2) is 0 Å². The fourth-order valence-corrected chi connectivity index (χ4v) is 4.28. The summed E-state index contributed by atoms with van der Waals surface area (Å²) in [6, 6.07) is 0.0810. The number of carbonyl (C=O) groups is 1. The number of nitrogens with zero attached hydrogens (tertiary/aromatic N) is 1. The van der Waals surface area contributed by atoms with Crippen LogP contribution in [0.5, 0.6) is 0 Å². The van der Waals surface area contributed by atoms with Crippen LogP contribution in [0.1, 0.15) is 45.4 Å². The molecule has 1 saturated carbocycles. The Balaban J connectivity index is 1.94. The van der Waals surface area contributed by atoms with Gasteiger partial charge in [-0.2, -0.15) is 11.8 Å². The van der Waals surface area contributed by atoms with Gasteiger partial charge < -0.3 is 10.2 Å². The Morgan fingerprint density at radius 2 is 2.11 bits per heavy atom. The van der Waals surface area contributed by atoms with Crippen LogP contribution in [-0.4, -0.2) is 47.5 Å². The molecule has 4 heteroatoms. The summed E-state index contributed by atoms with van der Waals surface area (Å²) in [7, 11) is 0. The van der Waals surface area contributed by atoms with Crippen molar-refractivity contribution in [3.05, 3.63) is 0 Å². The van der Waals surface area contributed by atoms with Gasteiger partial charge in [-0.3, -0.25) is 4.79 Å². The molecule has 0 spiro atoms. The van der Waals surface area contributed by atoms with Gasteiger partial charge in [0.1, 0.15) is 0 Å². The largest absolute Gasteiger partial charge is 0.340 e. The highest BCUT2D eigenvalue weighted by Gasteiger charge is 2.38. The van der Waals surface area contributed by atoms with E-state index in [1.54, 1.807) is 0 Å². The second-order valence-corrected chi connectivity index (χ2v) is 6.88. The summed E-state index contributed by atoms with van der Waals surface area (Å²) >= 11 is 1.98. The van der Waals surface area contributed by atoms with E-state index in [0.29, 0.717) is 10.7 Å². The third kappa shape index (κ3) is 3.02. The zero-order chi connectivity index (χ0) is 13.0. The van der Waals surface area contributed by atoms with Crippen molar-refractivity contribution in [1.82, 2.24) is 10.2 Å². The van der Waals surface area contributed by atoms with Crippen LogP contribution in [0, 0.1) is 0 Å². The number of carbonyl (C=O) groups excluding carboxylic acids is 1. The molecule has 0 aromatic carbocycles. The highest BCUT2D eigenvalue weighted by Crippen LogP contribution is 2.39. The first-order chi connectivity index (χ1) is 8.71. The van der Waals surface area contributed by atoms with Gasteiger partial charge in [0.25, 0.3) is 0 Å². The topological polar surface area (TPSA) is 32.3 Å². The molecule has 1 aliphatic heterocycles. The lowest BCUT2D eigenvalue weighted by Gasteiger charge is -2.38. The SMILES string of the molecule is CCNC1CCN(CC2(SC)CCCCC2)C1=O. The number of nitrogens with one attached hydrogen (secondary N) is 1. The monoisotopic (exact) mass is 270 g/mol. The van der Waals surface area contributed by atoms with E-state index in [0.717, 1.165) is 26.1 Å². The zero-order valence-corrected chi connectivity index (χ0v) is 12.5. The Morgan fingerprint density at radius 3 is 2.72 bits per heavy atom. The second-order valence-electron chi connectivity index (χ2n) is 5.61. The number of hydrogen-bond donors (Lipinski definition) is 1. The van der Waals surface area contributed by atoms with Crippen LogP contribution in [0.2, 0.25) is 0 Å². The molecule has 2 rings (SSSR count). The third-order valence-electron chi connectivity index (χ3n) is 4.42. The minimum atomic E-state index is 0.0810. The minimum Gasteiger partial charge on any atom is -0.340 e. The number of hydrogen-bond acceptors (Lipinski definition) is 3. The summed E-state index contributed by atoms with van der Waals surface area (Å²) in [5.74, 6) is 0.329. The van der Waals surface area contributed by atoms with Gasteiger partial charge in [-0.05, 0) is 32.1 Å². The number of rotatable bonds is 5. The predicted octanol–water partition coefficient (Wildman–Crippen LogP) is 2.26. The predicted molar refractivity (Wildman–Crippen MR) is 78.0 cm³/mol. The van der Waals surface area contributed by atoms with Crippen LogP contribution < -0.4 is 5.32 Å². The molecule has 2 fully saturated rings. The number of likely N-dealkylation sites (N-methyl/N-ethyl adjacent to an activating group) is 1. The maximum Gasteiger partial charge on any atom is 0.239 e. The highest BCUT2D eigenvalue weighted by molar-refractivity contribution is 8.00. The molecule has 0 radical (unpaired) electrons. The van der Waals surface area contributed by atoms with Crippen LogP contribution >= 0.6 is 11.8 Å². The maximum absolute atomic E-state index is 12.3. The average molecular weight is 270 g/mol. The van der Waals surface area contributed by atoms with Gasteiger partial charge in [0.2, 0.25) is 5.91 Å². The lowest BCUT2D eigenvalue weighted by molar-refractivity contribution is -0.129. The van der Waals surface area contributed by atoms with Crippen LogP contribution in [0.4, 0.5) is 0 Å². The minimum absolute atomic E-state index is 0.0810. The van der Waals surface area contributed by atoms with Crippen molar-refractivity contribution in [1.29, 1.82) is 0 Å². The summed E-state index contributed by atoms with van der Waals surface area (Å²) in [5, 5.41) is 3.29. The van der Waals surface area contributed by atoms with E-state index in [1.807, 2.05) is 11.8 Å². The molecule has 2 aliphatic rings. The summed E-state index contributed by atoms with van der Waals surface area (Å²) in [5.41, 5.74) is 0. The van der Waals surface area contributed by atoms with E-state index in [2.05, 4.69) is 23.4 Å².